The highest BCUT2D eigenvalue weighted by molar-refractivity contribution is 5.81. The Balaban J connectivity index is 2.55. The molecule has 0 radical (unpaired) electrons. The molecule has 4 nitrogen and oxygen atoms in total. The quantitative estimate of drug-likeness (QED) is 0.539. The lowest BCUT2D eigenvalue weighted by Gasteiger charge is -2.19. The van der Waals surface area contributed by atoms with Crippen molar-refractivity contribution in [3.05, 3.63) is 0 Å². The number of nitrogens with zero attached hydrogens (tertiary/aromatic N) is 3. The zero-order valence-electron chi connectivity index (χ0n) is 6.05. The van der Waals surface area contributed by atoms with Gasteiger partial charge in [0.1, 0.15) is 5.84 Å². The monoisotopic (exact) mass is 128 g/mol. The van der Waals surface area contributed by atoms with E-state index < -0.39 is 0 Å². The van der Waals surface area contributed by atoms with Crippen molar-refractivity contribution in [2.45, 2.75) is 13.3 Å². The number of rotatable bonds is 1. The maximum Gasteiger partial charge on any atom is 0.141 e. The van der Waals surface area contributed by atoms with Crippen LogP contribution in [0.3, 0.4) is 0 Å². The summed E-state index contributed by atoms with van der Waals surface area (Å²) in [6.45, 7) is 2.08. The van der Waals surface area contributed by atoms with Gasteiger partial charge in [-0.2, -0.15) is 0 Å². The number of nitrogens with one attached hydrogen (secondary N) is 1. The van der Waals surface area contributed by atoms with E-state index in [4.69, 9.17) is 0 Å². The Morgan fingerprint density at radius 1 is 1.56 bits per heavy atom. The van der Waals surface area contributed by atoms with Gasteiger partial charge >= 0.3 is 0 Å². The van der Waals surface area contributed by atoms with Crippen LogP contribution in [0.2, 0.25) is 0 Å². The number of hydrazine groups is 2. The minimum Gasteiger partial charge on any atom is -0.276 e. The lowest BCUT2D eigenvalue weighted by Crippen LogP contribution is -2.39. The summed E-state index contributed by atoms with van der Waals surface area (Å²) >= 11 is 0. The maximum absolute atomic E-state index is 4.03. The van der Waals surface area contributed by atoms with E-state index in [2.05, 4.69) is 17.6 Å². The van der Waals surface area contributed by atoms with Gasteiger partial charge < -0.3 is 0 Å². The van der Waals surface area contributed by atoms with E-state index in [-0.39, 0.29) is 0 Å². The summed E-state index contributed by atoms with van der Waals surface area (Å²) in [6, 6.07) is 0. The van der Waals surface area contributed by atoms with Crippen molar-refractivity contribution in [1.29, 1.82) is 0 Å². The van der Waals surface area contributed by atoms with E-state index in [0.717, 1.165) is 12.3 Å². The maximum atomic E-state index is 4.03. The average Bonchev–Trinajstić information content (AvgIpc) is 2.15. The Hall–Kier alpha value is -0.770. The fraction of sp³-hybridized carbons (Fsp3) is 0.800. The third kappa shape index (κ3) is 0.977. The fourth-order valence-corrected chi connectivity index (χ4v) is 0.751. The summed E-state index contributed by atoms with van der Waals surface area (Å²) in [5.41, 5.74) is 2.82. The summed E-state index contributed by atoms with van der Waals surface area (Å²) in [7, 11) is 3.90. The average molecular weight is 128 g/mol. The van der Waals surface area contributed by atoms with Gasteiger partial charge in [-0.05, 0) is 0 Å². The fourth-order valence-electron chi connectivity index (χ4n) is 0.751. The smallest absolute Gasteiger partial charge is 0.141 e. The second-order valence-electron chi connectivity index (χ2n) is 2.03. The molecule has 0 aromatic carbocycles. The zero-order valence-corrected chi connectivity index (χ0v) is 6.05. The van der Waals surface area contributed by atoms with Gasteiger partial charge in [-0.15, -0.1) is 10.2 Å². The molecule has 0 aromatic heterocycles. The van der Waals surface area contributed by atoms with Crippen LogP contribution in [0.1, 0.15) is 13.3 Å². The predicted octanol–water partition coefficient (Wildman–Crippen LogP) is 0.00670. The Labute approximate surface area is 55.1 Å². The number of hydrazone groups is 1. The molecular weight excluding hydrogens is 116 g/mol. The van der Waals surface area contributed by atoms with E-state index in [1.807, 2.05) is 24.2 Å². The highest BCUT2D eigenvalue weighted by Gasteiger charge is 2.14. The molecule has 0 spiro atoms. The Morgan fingerprint density at radius 3 is 2.44 bits per heavy atom. The van der Waals surface area contributed by atoms with Crippen molar-refractivity contribution >= 4 is 5.84 Å². The normalized spacial score (nSPS) is 19.9. The first-order valence-corrected chi connectivity index (χ1v) is 3.05. The molecule has 0 aliphatic carbocycles. The van der Waals surface area contributed by atoms with Gasteiger partial charge in [0.15, 0.2) is 0 Å². The van der Waals surface area contributed by atoms with Gasteiger partial charge in [-0.1, -0.05) is 6.92 Å². The van der Waals surface area contributed by atoms with Gasteiger partial charge in [0.05, 0.1) is 0 Å². The third-order valence-corrected chi connectivity index (χ3v) is 1.46. The molecule has 0 amide bonds. The molecule has 0 unspecified atom stereocenters. The van der Waals surface area contributed by atoms with Crippen molar-refractivity contribution in [2.24, 2.45) is 5.10 Å². The first kappa shape index (κ1) is 6.35. The Kier molecular flexibility index (Phi) is 1.57. The Morgan fingerprint density at radius 2 is 2.22 bits per heavy atom. The van der Waals surface area contributed by atoms with Crippen molar-refractivity contribution in [3.8, 4) is 0 Å². The highest BCUT2D eigenvalue weighted by atomic mass is 15.9. The predicted molar refractivity (Wildman–Crippen MR) is 36.4 cm³/mol. The summed E-state index contributed by atoms with van der Waals surface area (Å²) in [4.78, 5) is 0. The molecule has 52 valence electrons. The first-order chi connectivity index (χ1) is 4.25. The van der Waals surface area contributed by atoms with Crippen LogP contribution in [0.15, 0.2) is 5.10 Å². The molecule has 0 fully saturated rings. The van der Waals surface area contributed by atoms with Gasteiger partial charge in [-0.25, -0.2) is 5.53 Å². The van der Waals surface area contributed by atoms with Crippen LogP contribution < -0.4 is 5.53 Å². The second kappa shape index (κ2) is 2.23. The molecule has 0 saturated heterocycles. The molecule has 0 aromatic rings. The summed E-state index contributed by atoms with van der Waals surface area (Å²) in [5, 5.41) is 7.84. The van der Waals surface area contributed by atoms with Crippen LogP contribution in [0.5, 0.6) is 0 Å². The van der Waals surface area contributed by atoms with Crippen LogP contribution in [-0.2, 0) is 0 Å². The van der Waals surface area contributed by atoms with E-state index in [0.29, 0.717) is 0 Å². The van der Waals surface area contributed by atoms with E-state index in [9.17, 15) is 0 Å². The van der Waals surface area contributed by atoms with E-state index in [1.54, 1.807) is 0 Å². The van der Waals surface area contributed by atoms with Crippen molar-refractivity contribution in [3.63, 3.8) is 0 Å². The molecule has 1 heterocycles. The number of hydrogen-bond donors (Lipinski definition) is 1. The number of hydrogen-bond acceptors (Lipinski definition) is 4. The zero-order chi connectivity index (χ0) is 6.85. The highest BCUT2D eigenvalue weighted by Crippen LogP contribution is 2.00. The lowest BCUT2D eigenvalue weighted by atomic mass is 10.4. The third-order valence-electron chi connectivity index (χ3n) is 1.46. The number of amidine groups is 1. The molecule has 1 N–H and O–H groups in total. The van der Waals surface area contributed by atoms with Crippen molar-refractivity contribution in [1.82, 2.24) is 15.7 Å². The molecule has 1 rings (SSSR count). The summed E-state index contributed by atoms with van der Waals surface area (Å²) in [6.07, 6.45) is 0.966. The van der Waals surface area contributed by atoms with Gasteiger partial charge in [0.2, 0.25) is 0 Å². The van der Waals surface area contributed by atoms with Crippen LogP contribution in [0.4, 0.5) is 0 Å². The van der Waals surface area contributed by atoms with Crippen LogP contribution >= 0.6 is 0 Å². The van der Waals surface area contributed by atoms with Gasteiger partial charge in [0.25, 0.3) is 0 Å². The molecule has 4 heteroatoms. The van der Waals surface area contributed by atoms with Crippen LogP contribution in [-0.4, -0.2) is 30.1 Å². The van der Waals surface area contributed by atoms with Crippen LogP contribution in [0.25, 0.3) is 0 Å². The summed E-state index contributed by atoms with van der Waals surface area (Å²) in [5.74, 6) is 1.07. The molecule has 0 bridgehead atoms. The van der Waals surface area contributed by atoms with Gasteiger partial charge in [0, 0.05) is 20.5 Å². The largest absolute Gasteiger partial charge is 0.276 e. The minimum absolute atomic E-state index is 0.966. The van der Waals surface area contributed by atoms with Crippen LogP contribution in [0, 0.1) is 0 Å². The Bertz CT molecular complexity index is 131. The second-order valence-corrected chi connectivity index (χ2v) is 2.03. The molecule has 1 aliphatic heterocycles. The minimum atomic E-state index is 0.966. The van der Waals surface area contributed by atoms with Crippen molar-refractivity contribution < 1.29 is 0 Å². The SMILES string of the molecule is CCC1=NNN(C)N1C. The molecular formula is C5H12N4. The molecule has 0 atom stereocenters. The van der Waals surface area contributed by atoms with E-state index in [1.165, 1.54) is 0 Å². The van der Waals surface area contributed by atoms with E-state index >= 15 is 0 Å². The topological polar surface area (TPSA) is 30.9 Å². The first-order valence-electron chi connectivity index (χ1n) is 3.05. The molecule has 1 aliphatic rings. The molecule has 9 heavy (non-hydrogen) atoms. The van der Waals surface area contributed by atoms with Gasteiger partial charge in [-0.3, -0.25) is 5.01 Å². The standard InChI is InChI=1S/C5H12N4/c1-4-5-6-7-9(3)8(5)2/h7H,4H2,1-3H3. The molecule has 0 saturated carbocycles. The lowest BCUT2D eigenvalue weighted by molar-refractivity contribution is 0.0714. The van der Waals surface area contributed by atoms with Crippen molar-refractivity contribution in [2.75, 3.05) is 14.1 Å². The summed E-state index contributed by atoms with van der Waals surface area (Å²) < 4.78 is 0.